The van der Waals surface area contributed by atoms with Crippen molar-refractivity contribution < 1.29 is 28.3 Å². The number of aliphatic hydroxyl groups excluding tert-OH is 1. The van der Waals surface area contributed by atoms with Gasteiger partial charge in [0.1, 0.15) is 41.7 Å². The Labute approximate surface area is 265 Å². The summed E-state index contributed by atoms with van der Waals surface area (Å²) >= 11 is 0. The molecule has 5 heterocycles. The lowest BCUT2D eigenvalue weighted by atomic mass is 9.72. The van der Waals surface area contributed by atoms with Gasteiger partial charge in [-0.05, 0) is 34.6 Å². The lowest BCUT2D eigenvalue weighted by Gasteiger charge is -2.32. The smallest absolute Gasteiger partial charge is 0.250 e. The summed E-state index contributed by atoms with van der Waals surface area (Å²) in [5.41, 5.74) is 1.91. The highest BCUT2D eigenvalue weighted by Crippen LogP contribution is 2.59. The summed E-state index contributed by atoms with van der Waals surface area (Å²) in [6.45, 7) is 9.28. The van der Waals surface area contributed by atoms with E-state index in [2.05, 4.69) is 20.9 Å². The van der Waals surface area contributed by atoms with Gasteiger partial charge in [-0.15, -0.1) is 0 Å². The van der Waals surface area contributed by atoms with Crippen LogP contribution in [0, 0.1) is 22.7 Å². The molecule has 3 aliphatic heterocycles. The summed E-state index contributed by atoms with van der Waals surface area (Å²) in [6, 6.07) is 13.7. The molecule has 3 aliphatic rings. The van der Waals surface area contributed by atoms with Crippen molar-refractivity contribution in [1.29, 1.82) is 5.26 Å². The summed E-state index contributed by atoms with van der Waals surface area (Å²) in [5.74, 6) is -0.173. The maximum absolute atomic E-state index is 14.0. The Kier molecular flexibility index (Phi) is 6.72. The number of oxazole rings is 2. The maximum Gasteiger partial charge on any atom is 0.250 e. The molecule has 0 aliphatic carbocycles. The third kappa shape index (κ3) is 4.45. The number of benzene rings is 2. The van der Waals surface area contributed by atoms with E-state index in [1.165, 1.54) is 6.26 Å². The number of ether oxygens (including phenoxy) is 1. The van der Waals surface area contributed by atoms with Gasteiger partial charge in [0.15, 0.2) is 23.4 Å². The molecule has 46 heavy (non-hydrogen) atoms. The molecule has 4 bridgehead atoms. The number of nitrogens with one attached hydrogen (secondary N) is 3. The number of rotatable bonds is 4. The molecule has 5 atom stereocenters. The van der Waals surface area contributed by atoms with Crippen molar-refractivity contribution >= 4 is 17.5 Å². The van der Waals surface area contributed by atoms with Crippen LogP contribution in [0.2, 0.25) is 0 Å². The number of nitriles is 1. The number of amides is 2. The molecule has 12 nitrogen and oxygen atoms in total. The number of fused-ring (bicyclic) bond motifs is 4. The number of hydrogen-bond donors (Lipinski definition) is 4. The average molecular weight is 623 g/mol. The third-order valence-corrected chi connectivity index (χ3v) is 8.94. The Hall–Kier alpha value is -5.15. The first-order valence-corrected chi connectivity index (χ1v) is 15.2. The molecule has 0 fully saturated rings. The van der Waals surface area contributed by atoms with E-state index in [0.29, 0.717) is 11.5 Å². The van der Waals surface area contributed by atoms with Crippen molar-refractivity contribution in [1.82, 2.24) is 20.6 Å². The van der Waals surface area contributed by atoms with Crippen LogP contribution in [-0.4, -0.2) is 45.3 Å². The number of hydrogen-bond acceptors (Lipinski definition) is 10. The normalized spacial score (nSPS) is 23.5. The van der Waals surface area contributed by atoms with Crippen LogP contribution < -0.4 is 20.7 Å². The number of carbonyl (C=O) groups excluding carboxylic acids is 2. The van der Waals surface area contributed by atoms with Crippen LogP contribution in [0.15, 0.2) is 57.6 Å². The summed E-state index contributed by atoms with van der Waals surface area (Å²) in [4.78, 5) is 36.4. The second kappa shape index (κ2) is 10.5. The predicted molar refractivity (Wildman–Crippen MR) is 164 cm³/mol. The first-order valence-electron chi connectivity index (χ1n) is 15.2. The van der Waals surface area contributed by atoms with Crippen LogP contribution in [0.3, 0.4) is 0 Å². The highest BCUT2D eigenvalue weighted by molar-refractivity contribution is 5.90. The molecular weight excluding hydrogens is 588 g/mol. The van der Waals surface area contributed by atoms with E-state index in [9.17, 15) is 20.0 Å². The number of nitrogens with zero attached hydrogens (tertiary/aromatic N) is 3. The lowest BCUT2D eigenvalue weighted by molar-refractivity contribution is -0.136. The summed E-state index contributed by atoms with van der Waals surface area (Å²) in [7, 11) is 0. The van der Waals surface area contributed by atoms with E-state index >= 15 is 0 Å². The summed E-state index contributed by atoms with van der Waals surface area (Å²) in [5, 5.41) is 29.4. The Balaban J connectivity index is 1.50. The van der Waals surface area contributed by atoms with E-state index in [-0.39, 0.29) is 35.5 Å². The Morgan fingerprint density at radius 3 is 2.65 bits per heavy atom. The fourth-order valence-electron chi connectivity index (χ4n) is 6.56. The molecule has 2 aromatic carbocycles. The van der Waals surface area contributed by atoms with Gasteiger partial charge < -0.3 is 34.6 Å². The van der Waals surface area contributed by atoms with Crippen molar-refractivity contribution in [2.24, 2.45) is 11.3 Å². The predicted octanol–water partition coefficient (Wildman–Crippen LogP) is 3.94. The van der Waals surface area contributed by atoms with Crippen LogP contribution in [0.5, 0.6) is 5.75 Å². The minimum Gasteiger partial charge on any atom is -0.469 e. The van der Waals surface area contributed by atoms with Gasteiger partial charge in [0.25, 0.3) is 0 Å². The molecule has 2 aromatic heterocycles. The molecule has 1 spiro atoms. The zero-order chi connectivity index (χ0) is 32.5. The first kappa shape index (κ1) is 29.6. The van der Waals surface area contributed by atoms with Gasteiger partial charge in [0, 0.05) is 17.7 Å². The molecule has 0 radical (unpaired) electrons. The number of carbonyl (C=O) groups is 2. The zero-order valence-corrected chi connectivity index (χ0v) is 26.0. The Bertz CT molecular complexity index is 1910. The molecule has 12 heteroatoms. The molecule has 0 saturated heterocycles. The second-order valence-corrected chi connectivity index (χ2v) is 13.5. The highest BCUT2D eigenvalue weighted by Gasteiger charge is 2.61. The molecule has 7 rings (SSSR count). The van der Waals surface area contributed by atoms with Gasteiger partial charge in [0.05, 0.1) is 0 Å². The molecule has 4 N–H and O–H groups in total. The van der Waals surface area contributed by atoms with Gasteiger partial charge >= 0.3 is 0 Å². The van der Waals surface area contributed by atoms with E-state index < -0.39 is 47.1 Å². The Morgan fingerprint density at radius 2 is 1.93 bits per heavy atom. The monoisotopic (exact) mass is 622 g/mol. The average Bonchev–Trinajstić information content (AvgIpc) is 3.78. The van der Waals surface area contributed by atoms with Crippen LogP contribution in [0.4, 0.5) is 5.69 Å². The number of anilines is 1. The molecule has 0 saturated carbocycles. The van der Waals surface area contributed by atoms with Gasteiger partial charge in [-0.25, -0.2) is 4.98 Å². The van der Waals surface area contributed by atoms with E-state index in [1.54, 1.807) is 13.8 Å². The highest BCUT2D eigenvalue weighted by atomic mass is 16.5. The number of para-hydroxylation sites is 1. The fourth-order valence-corrected chi connectivity index (χ4v) is 6.56. The molecule has 4 unspecified atom stereocenters. The SMILES string of the molecule is CC(C)[C@H](O)C(=O)NC1Cc2ccc3c(c2)C2(c4ccccc4NC2O3)c2oc(nc2-c2nc(C#N)co2)C(C(C)(C)C)NC1=O. The van der Waals surface area contributed by atoms with E-state index in [0.717, 1.165) is 22.4 Å². The van der Waals surface area contributed by atoms with Crippen molar-refractivity contribution in [2.45, 2.75) is 70.9 Å². The summed E-state index contributed by atoms with van der Waals surface area (Å²) in [6.07, 6.45) is -0.520. The van der Waals surface area contributed by atoms with E-state index in [4.69, 9.17) is 18.6 Å². The van der Waals surface area contributed by atoms with Gasteiger partial charge in [0.2, 0.25) is 23.6 Å². The van der Waals surface area contributed by atoms with Gasteiger partial charge in [-0.2, -0.15) is 10.2 Å². The molecule has 4 aromatic rings. The minimum absolute atomic E-state index is 0.0793. The van der Waals surface area contributed by atoms with Crippen molar-refractivity contribution in [3.05, 3.63) is 82.8 Å². The third-order valence-electron chi connectivity index (χ3n) is 8.94. The summed E-state index contributed by atoms with van der Waals surface area (Å²) < 4.78 is 19.1. The van der Waals surface area contributed by atoms with Crippen LogP contribution in [0.25, 0.3) is 11.6 Å². The minimum atomic E-state index is -1.29. The Morgan fingerprint density at radius 1 is 1.15 bits per heavy atom. The zero-order valence-electron chi connectivity index (χ0n) is 26.0. The van der Waals surface area contributed by atoms with Crippen LogP contribution >= 0.6 is 0 Å². The van der Waals surface area contributed by atoms with Crippen molar-refractivity contribution in [3.8, 4) is 23.4 Å². The quantitative estimate of drug-likeness (QED) is 0.261. The largest absolute Gasteiger partial charge is 0.469 e. The van der Waals surface area contributed by atoms with E-state index in [1.807, 2.05) is 69.3 Å². The van der Waals surface area contributed by atoms with Crippen LogP contribution in [-0.2, 0) is 21.4 Å². The van der Waals surface area contributed by atoms with Crippen molar-refractivity contribution in [2.75, 3.05) is 5.32 Å². The topological polar surface area (TPSA) is 176 Å². The van der Waals surface area contributed by atoms with Gasteiger partial charge in [-0.1, -0.05) is 65.0 Å². The fraction of sp³-hybridized carbons (Fsp3) is 0.382. The lowest BCUT2D eigenvalue weighted by Crippen LogP contribution is -2.53. The second-order valence-electron chi connectivity index (χ2n) is 13.5. The maximum atomic E-state index is 14.0. The van der Waals surface area contributed by atoms with Gasteiger partial charge in [-0.3, -0.25) is 9.59 Å². The first-order chi connectivity index (χ1) is 21.9. The number of aromatic nitrogens is 2. The molecule has 236 valence electrons. The molecule has 2 amide bonds. The van der Waals surface area contributed by atoms with Crippen molar-refractivity contribution in [3.63, 3.8) is 0 Å². The standard InChI is InChI=1S/C34H34N6O6/c1-16(2)25(41)29(43)37-22-13-17-10-11-23-20(12-17)34(19-8-6-7-9-21(19)38-32(34)45-23)27-24(30-36-18(14-35)15-44-30)39-31(46-27)26(33(3,4)5)40-28(22)42/h6-12,15-16,22,25-26,32,38,41H,13H2,1-5H3,(H,37,43)(H,40,42)/t22?,25-,26?,32?,34?/m0/s1. The van der Waals surface area contributed by atoms with Crippen LogP contribution in [0.1, 0.15) is 74.7 Å². The number of aliphatic hydroxyl groups is 1. The molecular formula is C34H34N6O6.